The van der Waals surface area contributed by atoms with E-state index in [2.05, 4.69) is 6.07 Å². The molecule has 0 radical (unpaired) electrons. The van der Waals surface area contributed by atoms with Gasteiger partial charge in [-0.3, -0.25) is 0 Å². The summed E-state index contributed by atoms with van der Waals surface area (Å²) in [5.74, 6) is 1.56. The maximum Gasteiger partial charge on any atom is 0.161 e. The smallest absolute Gasteiger partial charge is 0.161 e. The van der Waals surface area contributed by atoms with E-state index in [4.69, 9.17) is 14.5 Å². The zero-order valence-electron chi connectivity index (χ0n) is 13.4. The molecule has 0 saturated heterocycles. The molecule has 0 spiro atoms. The number of rotatable bonds is 2. The summed E-state index contributed by atoms with van der Waals surface area (Å²) in [6.45, 7) is 1.36. The Labute approximate surface area is 145 Å². The molecule has 1 aromatic carbocycles. The van der Waals surface area contributed by atoms with E-state index < -0.39 is 0 Å². The van der Waals surface area contributed by atoms with Crippen molar-refractivity contribution in [2.75, 3.05) is 13.2 Å². The lowest BCUT2D eigenvalue weighted by Crippen LogP contribution is -1.97. The Kier molecular flexibility index (Phi) is 4.22. The van der Waals surface area contributed by atoms with Crippen LogP contribution in [0.2, 0.25) is 0 Å². The van der Waals surface area contributed by atoms with Gasteiger partial charge >= 0.3 is 0 Å². The van der Waals surface area contributed by atoms with Crippen molar-refractivity contribution in [1.82, 2.24) is 4.98 Å². The molecule has 4 rings (SSSR count). The van der Waals surface area contributed by atoms with Gasteiger partial charge < -0.3 is 9.47 Å². The molecule has 1 saturated carbocycles. The fourth-order valence-corrected chi connectivity index (χ4v) is 4.04. The van der Waals surface area contributed by atoms with E-state index in [0.29, 0.717) is 13.2 Å². The van der Waals surface area contributed by atoms with Gasteiger partial charge in [0, 0.05) is 17.4 Å². The molecule has 0 atom stereocenters. The van der Waals surface area contributed by atoms with Crippen molar-refractivity contribution in [3.05, 3.63) is 34.2 Å². The number of nitrogens with zero attached hydrogens (tertiary/aromatic N) is 2. The van der Waals surface area contributed by atoms with E-state index in [1.807, 2.05) is 23.6 Å². The number of benzene rings is 1. The number of nitriles is 1. The fourth-order valence-electron chi connectivity index (χ4n) is 3.17. The van der Waals surface area contributed by atoms with Crippen molar-refractivity contribution in [1.29, 1.82) is 5.26 Å². The van der Waals surface area contributed by atoms with Crippen LogP contribution in [0.4, 0.5) is 0 Å². The second-order valence-corrected chi connectivity index (χ2v) is 6.91. The average molecular weight is 338 g/mol. The number of aromatic nitrogens is 1. The Hall–Kier alpha value is -2.32. The van der Waals surface area contributed by atoms with Gasteiger partial charge in [0.15, 0.2) is 11.5 Å². The molecule has 0 unspecified atom stereocenters. The van der Waals surface area contributed by atoms with Crippen molar-refractivity contribution in [3.8, 4) is 28.8 Å². The van der Waals surface area contributed by atoms with Gasteiger partial charge in [0.2, 0.25) is 0 Å². The van der Waals surface area contributed by atoms with Gasteiger partial charge in [-0.15, -0.1) is 11.3 Å². The molecule has 1 aromatic heterocycles. The molecule has 0 amide bonds. The first kappa shape index (κ1) is 15.2. The minimum absolute atomic E-state index is 0.670. The van der Waals surface area contributed by atoms with Crippen LogP contribution >= 0.6 is 11.3 Å². The largest absolute Gasteiger partial charge is 0.490 e. The zero-order valence-corrected chi connectivity index (χ0v) is 14.2. The summed E-state index contributed by atoms with van der Waals surface area (Å²) in [6.07, 6.45) is 5.31. The molecule has 1 fully saturated rings. The van der Waals surface area contributed by atoms with Crippen LogP contribution in [0.25, 0.3) is 16.8 Å². The number of allylic oxidation sites excluding steroid dienone is 2. The third-order valence-electron chi connectivity index (χ3n) is 4.43. The Morgan fingerprint density at radius 2 is 1.88 bits per heavy atom. The van der Waals surface area contributed by atoms with Crippen molar-refractivity contribution in [2.24, 2.45) is 0 Å². The quantitative estimate of drug-likeness (QED) is 0.737. The van der Waals surface area contributed by atoms with E-state index in [0.717, 1.165) is 52.6 Å². The highest BCUT2D eigenvalue weighted by Gasteiger charge is 2.18. The molecule has 122 valence electrons. The van der Waals surface area contributed by atoms with Gasteiger partial charge in [-0.25, -0.2) is 4.98 Å². The molecular formula is C19H18N2O2S. The number of hydrogen-bond donors (Lipinski definition) is 0. The summed E-state index contributed by atoms with van der Waals surface area (Å²) < 4.78 is 11.4. The van der Waals surface area contributed by atoms with Crippen LogP contribution in [0.5, 0.6) is 11.5 Å². The topological polar surface area (TPSA) is 55.1 Å². The predicted octanol–water partition coefficient (Wildman–Crippen LogP) is 4.82. The van der Waals surface area contributed by atoms with Gasteiger partial charge in [-0.1, -0.05) is 0 Å². The Morgan fingerprint density at radius 1 is 1.08 bits per heavy atom. The number of hydrogen-bond acceptors (Lipinski definition) is 5. The molecular weight excluding hydrogens is 320 g/mol. The molecule has 2 aromatic rings. The molecule has 5 heteroatoms. The predicted molar refractivity (Wildman–Crippen MR) is 94.2 cm³/mol. The highest BCUT2D eigenvalue weighted by atomic mass is 32.1. The van der Waals surface area contributed by atoms with E-state index in [-0.39, 0.29) is 0 Å². The molecule has 1 aliphatic carbocycles. The third kappa shape index (κ3) is 2.90. The molecule has 1 aliphatic heterocycles. The Bertz CT molecular complexity index is 824. The minimum Gasteiger partial charge on any atom is -0.490 e. The first-order chi connectivity index (χ1) is 11.8. The summed E-state index contributed by atoms with van der Waals surface area (Å²) in [5.41, 5.74) is 3.92. The summed E-state index contributed by atoms with van der Waals surface area (Å²) in [4.78, 5) is 4.71. The SMILES string of the molecule is N#CC(=C1CCCC1)c1nc(-c2ccc3c(c2)OCCCO3)cs1. The standard InChI is InChI=1S/C19H18N2O2S/c20-11-15(13-4-1-2-5-13)19-21-16(12-24-19)14-6-7-17-18(10-14)23-9-3-8-22-17/h6-7,10,12H,1-5,8-9H2. The van der Waals surface area contributed by atoms with Crippen LogP contribution in [-0.2, 0) is 0 Å². The van der Waals surface area contributed by atoms with Crippen molar-refractivity contribution < 1.29 is 9.47 Å². The second kappa shape index (κ2) is 6.66. The molecule has 4 nitrogen and oxygen atoms in total. The van der Waals surface area contributed by atoms with Crippen LogP contribution in [0.3, 0.4) is 0 Å². The van der Waals surface area contributed by atoms with Crippen LogP contribution < -0.4 is 9.47 Å². The second-order valence-electron chi connectivity index (χ2n) is 6.05. The summed E-state index contributed by atoms with van der Waals surface area (Å²) >= 11 is 1.54. The molecule has 24 heavy (non-hydrogen) atoms. The van der Waals surface area contributed by atoms with Crippen LogP contribution in [-0.4, -0.2) is 18.2 Å². The highest BCUT2D eigenvalue weighted by molar-refractivity contribution is 7.11. The molecule has 0 bridgehead atoms. The van der Waals surface area contributed by atoms with Gasteiger partial charge in [-0.2, -0.15) is 5.26 Å². The van der Waals surface area contributed by atoms with E-state index in [1.54, 1.807) is 11.3 Å². The number of ether oxygens (including phenoxy) is 2. The van der Waals surface area contributed by atoms with Gasteiger partial charge in [0.1, 0.15) is 11.1 Å². The molecule has 2 heterocycles. The van der Waals surface area contributed by atoms with E-state index in [9.17, 15) is 5.26 Å². The lowest BCUT2D eigenvalue weighted by atomic mass is 10.1. The summed E-state index contributed by atoms with van der Waals surface area (Å²) in [5, 5.41) is 12.4. The monoisotopic (exact) mass is 338 g/mol. The van der Waals surface area contributed by atoms with Crippen LogP contribution in [0, 0.1) is 11.3 Å². The number of thiazole rings is 1. The first-order valence-corrected chi connectivity index (χ1v) is 9.21. The Balaban J connectivity index is 1.67. The van der Waals surface area contributed by atoms with Crippen LogP contribution in [0.1, 0.15) is 37.1 Å². The lowest BCUT2D eigenvalue weighted by Gasteiger charge is -2.08. The fraction of sp³-hybridized carbons (Fsp3) is 0.368. The van der Waals surface area contributed by atoms with Crippen molar-refractivity contribution >= 4 is 16.9 Å². The third-order valence-corrected chi connectivity index (χ3v) is 5.29. The average Bonchev–Trinajstić information content (AvgIpc) is 3.24. The maximum atomic E-state index is 9.53. The van der Waals surface area contributed by atoms with E-state index in [1.165, 1.54) is 18.4 Å². The maximum absolute atomic E-state index is 9.53. The summed E-state index contributed by atoms with van der Waals surface area (Å²) in [7, 11) is 0. The highest BCUT2D eigenvalue weighted by Crippen LogP contribution is 2.37. The summed E-state index contributed by atoms with van der Waals surface area (Å²) in [6, 6.07) is 8.29. The zero-order chi connectivity index (χ0) is 16.4. The van der Waals surface area contributed by atoms with Gasteiger partial charge in [0.25, 0.3) is 0 Å². The first-order valence-electron chi connectivity index (χ1n) is 8.33. The van der Waals surface area contributed by atoms with Crippen LogP contribution in [0.15, 0.2) is 29.2 Å². The number of fused-ring (bicyclic) bond motifs is 1. The normalized spacial score (nSPS) is 16.5. The lowest BCUT2D eigenvalue weighted by molar-refractivity contribution is 0.297. The minimum atomic E-state index is 0.670. The Morgan fingerprint density at radius 3 is 2.67 bits per heavy atom. The van der Waals surface area contributed by atoms with Crippen molar-refractivity contribution in [3.63, 3.8) is 0 Å². The van der Waals surface area contributed by atoms with Crippen molar-refractivity contribution in [2.45, 2.75) is 32.1 Å². The van der Waals surface area contributed by atoms with E-state index >= 15 is 0 Å². The molecule has 2 aliphatic rings. The molecule has 0 N–H and O–H groups in total. The van der Waals surface area contributed by atoms with Gasteiger partial charge in [0.05, 0.1) is 24.5 Å². The van der Waals surface area contributed by atoms with Gasteiger partial charge in [-0.05, 0) is 49.5 Å².